The molecule has 0 spiro atoms. The average molecular weight is 585 g/mol. The first-order valence-electron chi connectivity index (χ1n) is 13.4. The molecule has 218 valence electrons. The van der Waals surface area contributed by atoms with Crippen molar-refractivity contribution in [3.05, 3.63) is 34.9 Å². The Bertz CT molecular complexity index is 1580. The van der Waals surface area contributed by atoms with Crippen LogP contribution in [0.15, 0.2) is 23.6 Å². The average Bonchev–Trinajstić information content (AvgIpc) is 3.52. The molecule has 2 saturated heterocycles. The standard InChI is InChI=1S/C24H32N12O4S/c25-19-15-21(30-10-29-19)36(11-31-15)23-18(38)17(37)14(40-23)9-41-13-1-4-35(5-2-13)6-3-27-7-12-8-28-20-16(32-12)22(39)34-24(26)33-20/h8,10-11,13-14,17-18,23,27,37-38H,1-7,9H2,(H2,25,29,30)(H3,26,28,33,34,39)/t14-,17-,18-,23-/m1/s1. The number of aromatic amines is 1. The maximum absolute atomic E-state index is 12.0. The minimum atomic E-state index is -1.11. The van der Waals surface area contributed by atoms with Gasteiger partial charge in [-0.1, -0.05) is 0 Å². The number of fused-ring (bicyclic) bond motifs is 2. The minimum Gasteiger partial charge on any atom is -0.387 e. The molecule has 2 aliphatic rings. The Balaban J connectivity index is 0.927. The third-order valence-corrected chi connectivity index (χ3v) is 8.89. The van der Waals surface area contributed by atoms with Crippen LogP contribution in [0, 0.1) is 0 Å². The van der Waals surface area contributed by atoms with E-state index in [2.05, 4.69) is 45.1 Å². The summed E-state index contributed by atoms with van der Waals surface area (Å²) in [7, 11) is 0. The van der Waals surface area contributed by atoms with Gasteiger partial charge < -0.3 is 36.6 Å². The van der Waals surface area contributed by atoms with E-state index in [0.717, 1.165) is 39.0 Å². The van der Waals surface area contributed by atoms with Gasteiger partial charge in [-0.25, -0.2) is 24.9 Å². The van der Waals surface area contributed by atoms with Crippen LogP contribution in [-0.4, -0.2) is 110 Å². The largest absolute Gasteiger partial charge is 0.387 e. The zero-order valence-corrected chi connectivity index (χ0v) is 22.9. The van der Waals surface area contributed by atoms with Crippen LogP contribution in [0.25, 0.3) is 22.3 Å². The number of hydrogen-bond acceptors (Lipinski definition) is 15. The van der Waals surface area contributed by atoms with E-state index in [1.807, 2.05) is 0 Å². The summed E-state index contributed by atoms with van der Waals surface area (Å²) >= 11 is 1.77. The zero-order valence-electron chi connectivity index (χ0n) is 22.1. The molecule has 0 aliphatic carbocycles. The summed E-state index contributed by atoms with van der Waals surface area (Å²) in [4.78, 5) is 41.8. The van der Waals surface area contributed by atoms with E-state index in [0.29, 0.717) is 34.4 Å². The molecule has 0 amide bonds. The van der Waals surface area contributed by atoms with Crippen molar-refractivity contribution in [1.29, 1.82) is 0 Å². The van der Waals surface area contributed by atoms with E-state index in [-0.39, 0.29) is 22.9 Å². The number of imidazole rings is 1. The lowest BCUT2D eigenvalue weighted by atomic mass is 10.1. The number of ether oxygens (including phenoxy) is 1. The number of H-pyrrole nitrogens is 1. The van der Waals surface area contributed by atoms with Crippen LogP contribution in [0.3, 0.4) is 0 Å². The number of nitrogen functional groups attached to an aromatic ring is 2. The Hall–Kier alpha value is -3.48. The second-order valence-electron chi connectivity index (χ2n) is 10.2. The predicted octanol–water partition coefficient (Wildman–Crippen LogP) is -1.38. The second-order valence-corrected chi connectivity index (χ2v) is 11.5. The molecule has 0 radical (unpaired) electrons. The fourth-order valence-electron chi connectivity index (χ4n) is 5.19. The number of hydrogen-bond donors (Lipinski definition) is 6. The van der Waals surface area contributed by atoms with Crippen molar-refractivity contribution >= 4 is 45.9 Å². The molecule has 4 aromatic heterocycles. The molecule has 2 fully saturated rings. The number of thioether (sulfide) groups is 1. The number of nitrogens with one attached hydrogen (secondary N) is 2. The molecule has 8 N–H and O–H groups in total. The van der Waals surface area contributed by atoms with E-state index in [1.54, 1.807) is 22.5 Å². The Labute approximate surface area is 238 Å². The molecule has 2 aliphatic heterocycles. The van der Waals surface area contributed by atoms with Crippen molar-refractivity contribution < 1.29 is 14.9 Å². The van der Waals surface area contributed by atoms with Gasteiger partial charge in [0.1, 0.15) is 24.1 Å². The topological polar surface area (TPSA) is 232 Å². The van der Waals surface area contributed by atoms with Gasteiger partial charge in [0.2, 0.25) is 5.95 Å². The van der Waals surface area contributed by atoms with Crippen LogP contribution in [0.2, 0.25) is 0 Å². The highest BCUT2D eigenvalue weighted by molar-refractivity contribution is 7.99. The lowest BCUT2D eigenvalue weighted by molar-refractivity contribution is -0.0289. The van der Waals surface area contributed by atoms with Crippen LogP contribution in [0.5, 0.6) is 0 Å². The summed E-state index contributed by atoms with van der Waals surface area (Å²) in [5.74, 6) is 0.836. The van der Waals surface area contributed by atoms with Gasteiger partial charge in [-0.3, -0.25) is 14.3 Å². The molecule has 4 aromatic rings. The van der Waals surface area contributed by atoms with Crippen molar-refractivity contribution in [2.24, 2.45) is 0 Å². The summed E-state index contributed by atoms with van der Waals surface area (Å²) in [5.41, 5.74) is 13.0. The molecule has 0 saturated carbocycles. The number of anilines is 2. The van der Waals surface area contributed by atoms with Crippen molar-refractivity contribution in [2.45, 2.75) is 49.2 Å². The molecular weight excluding hydrogens is 552 g/mol. The maximum atomic E-state index is 12.0. The summed E-state index contributed by atoms with van der Waals surface area (Å²) in [6, 6.07) is 0. The molecule has 4 atom stereocenters. The quantitative estimate of drug-likeness (QED) is 0.124. The smallest absolute Gasteiger partial charge is 0.280 e. The van der Waals surface area contributed by atoms with Crippen molar-refractivity contribution in [1.82, 2.24) is 49.7 Å². The first kappa shape index (κ1) is 27.7. The monoisotopic (exact) mass is 584 g/mol. The number of nitrogens with zero attached hydrogens (tertiary/aromatic N) is 8. The maximum Gasteiger partial charge on any atom is 0.280 e. The fraction of sp³-hybridized carbons (Fsp3) is 0.542. The lowest BCUT2D eigenvalue weighted by Crippen LogP contribution is -2.39. The number of nitrogens with two attached hydrogens (primary N) is 2. The van der Waals surface area contributed by atoms with Gasteiger partial charge in [-0.15, -0.1) is 0 Å². The molecule has 6 heterocycles. The summed E-state index contributed by atoms with van der Waals surface area (Å²) < 4.78 is 7.67. The van der Waals surface area contributed by atoms with E-state index in [9.17, 15) is 15.0 Å². The molecule has 6 rings (SSSR count). The summed E-state index contributed by atoms with van der Waals surface area (Å²) in [6.07, 6.45) is 3.03. The first-order chi connectivity index (χ1) is 19.9. The zero-order chi connectivity index (χ0) is 28.5. The highest BCUT2D eigenvalue weighted by atomic mass is 32.2. The highest BCUT2D eigenvalue weighted by Crippen LogP contribution is 2.35. The fourth-order valence-corrected chi connectivity index (χ4v) is 6.47. The van der Waals surface area contributed by atoms with E-state index >= 15 is 0 Å². The van der Waals surface area contributed by atoms with Gasteiger partial charge in [-0.05, 0) is 25.9 Å². The van der Waals surface area contributed by atoms with E-state index < -0.39 is 30.1 Å². The number of aliphatic hydroxyl groups excluding tert-OH is 2. The third-order valence-electron chi connectivity index (χ3n) is 7.43. The van der Waals surface area contributed by atoms with Gasteiger partial charge >= 0.3 is 0 Å². The lowest BCUT2D eigenvalue weighted by Gasteiger charge is -2.32. The number of rotatable bonds is 9. The molecule has 0 unspecified atom stereocenters. The molecule has 17 heteroatoms. The first-order valence-corrected chi connectivity index (χ1v) is 14.4. The molecular formula is C24H32N12O4S. The van der Waals surface area contributed by atoms with Gasteiger partial charge in [0, 0.05) is 30.6 Å². The van der Waals surface area contributed by atoms with Crippen molar-refractivity contribution in [3.8, 4) is 0 Å². The van der Waals surface area contributed by atoms with Crippen LogP contribution >= 0.6 is 11.8 Å². The predicted molar refractivity (Wildman–Crippen MR) is 152 cm³/mol. The van der Waals surface area contributed by atoms with Crippen LogP contribution in [-0.2, 0) is 11.3 Å². The Kier molecular flexibility index (Phi) is 7.96. The van der Waals surface area contributed by atoms with Crippen molar-refractivity contribution in [2.75, 3.05) is 43.4 Å². The van der Waals surface area contributed by atoms with Crippen LogP contribution in [0.1, 0.15) is 24.8 Å². The SMILES string of the molecule is Nc1nc2ncc(CNCCN3CCC(SC[C@H]4O[C@@H](n5cnc6c(N)ncnc65)[C@H](O)[C@@H]4O)CC3)nc2c(=O)[nH]1. The summed E-state index contributed by atoms with van der Waals surface area (Å²) in [6.45, 7) is 4.10. The number of aliphatic hydroxyl groups is 2. The van der Waals surface area contributed by atoms with E-state index in [4.69, 9.17) is 16.2 Å². The number of piperidine rings is 1. The highest BCUT2D eigenvalue weighted by Gasteiger charge is 2.44. The second kappa shape index (κ2) is 11.8. The van der Waals surface area contributed by atoms with Crippen LogP contribution < -0.4 is 22.3 Å². The van der Waals surface area contributed by atoms with Gasteiger partial charge in [0.15, 0.2) is 28.9 Å². The number of likely N-dealkylation sites (tertiary alicyclic amines) is 1. The number of aromatic nitrogens is 8. The minimum absolute atomic E-state index is 0.0170. The normalized spacial score (nSPS) is 24.0. The Morgan fingerprint density at radius 2 is 1.93 bits per heavy atom. The molecule has 0 aromatic carbocycles. The van der Waals surface area contributed by atoms with E-state index in [1.165, 1.54) is 12.7 Å². The van der Waals surface area contributed by atoms with Gasteiger partial charge in [0.05, 0.1) is 24.3 Å². The van der Waals surface area contributed by atoms with Crippen molar-refractivity contribution in [3.63, 3.8) is 0 Å². The molecule has 16 nitrogen and oxygen atoms in total. The Morgan fingerprint density at radius 3 is 2.76 bits per heavy atom. The summed E-state index contributed by atoms with van der Waals surface area (Å²) in [5, 5.41) is 25.2. The molecule has 0 bridgehead atoms. The molecule has 41 heavy (non-hydrogen) atoms. The van der Waals surface area contributed by atoms with Gasteiger partial charge in [0.25, 0.3) is 5.56 Å². The Morgan fingerprint density at radius 1 is 1.10 bits per heavy atom. The third kappa shape index (κ3) is 5.81. The van der Waals surface area contributed by atoms with Gasteiger partial charge in [-0.2, -0.15) is 16.7 Å². The van der Waals surface area contributed by atoms with Crippen LogP contribution in [0.4, 0.5) is 11.8 Å².